The van der Waals surface area contributed by atoms with E-state index in [-0.39, 0.29) is 33.8 Å². The third-order valence-corrected chi connectivity index (χ3v) is 6.28. The summed E-state index contributed by atoms with van der Waals surface area (Å²) in [6, 6.07) is 2.58. The third kappa shape index (κ3) is 2.32. The van der Waals surface area contributed by atoms with Crippen molar-refractivity contribution in [3.8, 4) is 23.0 Å². The van der Waals surface area contributed by atoms with E-state index in [4.69, 9.17) is 9.15 Å². The quantitative estimate of drug-likeness (QED) is 0.333. The van der Waals surface area contributed by atoms with E-state index >= 15 is 0 Å². The molecule has 1 aliphatic rings. The van der Waals surface area contributed by atoms with Crippen molar-refractivity contribution in [3.63, 3.8) is 0 Å². The van der Waals surface area contributed by atoms with Gasteiger partial charge < -0.3 is 24.5 Å². The Morgan fingerprint density at radius 1 is 1.14 bits per heavy atom. The number of ether oxygens (including phenoxy) is 1. The molecular weight excluding hydrogens is 372 g/mol. The molecule has 0 amide bonds. The lowest BCUT2D eigenvalue weighted by molar-refractivity contribution is 0.183. The summed E-state index contributed by atoms with van der Waals surface area (Å²) in [7, 11) is 0. The van der Waals surface area contributed by atoms with Gasteiger partial charge >= 0.3 is 0 Å². The lowest BCUT2D eigenvalue weighted by atomic mass is 9.76. The van der Waals surface area contributed by atoms with Crippen LogP contribution in [-0.2, 0) is 10.8 Å². The Morgan fingerprint density at radius 3 is 2.41 bits per heavy atom. The summed E-state index contributed by atoms with van der Waals surface area (Å²) in [4.78, 5) is 13.4. The average Bonchev–Trinajstić information content (AvgIpc) is 2.87. The van der Waals surface area contributed by atoms with E-state index in [9.17, 15) is 20.1 Å². The molecule has 1 atom stereocenters. The van der Waals surface area contributed by atoms with Crippen LogP contribution in [-0.4, -0.2) is 21.4 Å². The maximum Gasteiger partial charge on any atom is 0.204 e. The van der Waals surface area contributed by atoms with Crippen molar-refractivity contribution >= 4 is 21.9 Å². The van der Waals surface area contributed by atoms with E-state index in [0.717, 1.165) is 0 Å². The van der Waals surface area contributed by atoms with Gasteiger partial charge in [0, 0.05) is 22.0 Å². The molecule has 29 heavy (non-hydrogen) atoms. The summed E-state index contributed by atoms with van der Waals surface area (Å²) in [5.41, 5.74) is -0.632. The fraction of sp³-hybridized carbons (Fsp3) is 0.348. The molecule has 0 saturated heterocycles. The second-order valence-corrected chi connectivity index (χ2v) is 8.78. The first-order chi connectivity index (χ1) is 13.4. The van der Waals surface area contributed by atoms with Gasteiger partial charge in [0.15, 0.2) is 11.3 Å². The van der Waals surface area contributed by atoms with Crippen LogP contribution in [0.5, 0.6) is 23.0 Å². The highest BCUT2D eigenvalue weighted by atomic mass is 16.5. The summed E-state index contributed by atoms with van der Waals surface area (Å²) in [6.45, 7) is 13.5. The van der Waals surface area contributed by atoms with E-state index in [1.807, 2.05) is 34.6 Å². The summed E-state index contributed by atoms with van der Waals surface area (Å²) in [5, 5.41) is 31.4. The second kappa shape index (κ2) is 5.69. The summed E-state index contributed by atoms with van der Waals surface area (Å²) in [6.07, 6.45) is 1.46. The lowest BCUT2D eigenvalue weighted by Crippen LogP contribution is -2.29. The minimum Gasteiger partial charge on any atom is -0.507 e. The highest BCUT2D eigenvalue weighted by Gasteiger charge is 2.46. The molecule has 1 unspecified atom stereocenters. The van der Waals surface area contributed by atoms with E-state index < -0.39 is 27.8 Å². The predicted molar refractivity (Wildman–Crippen MR) is 111 cm³/mol. The molecule has 152 valence electrons. The zero-order valence-corrected chi connectivity index (χ0v) is 17.1. The second-order valence-electron chi connectivity index (χ2n) is 8.78. The number of fused-ring (bicyclic) bond motifs is 3. The molecule has 0 spiro atoms. The van der Waals surface area contributed by atoms with Crippen LogP contribution in [0, 0.1) is 0 Å². The normalized spacial score (nSPS) is 18.0. The van der Waals surface area contributed by atoms with Gasteiger partial charge in [-0.1, -0.05) is 33.8 Å². The number of rotatable bonds is 2. The van der Waals surface area contributed by atoms with Gasteiger partial charge in [-0.05, 0) is 19.1 Å². The van der Waals surface area contributed by atoms with Crippen molar-refractivity contribution in [2.75, 3.05) is 0 Å². The van der Waals surface area contributed by atoms with E-state index in [0.29, 0.717) is 16.9 Å². The van der Waals surface area contributed by atoms with Crippen LogP contribution in [0.4, 0.5) is 0 Å². The molecule has 0 saturated carbocycles. The fourth-order valence-electron chi connectivity index (χ4n) is 4.02. The van der Waals surface area contributed by atoms with Crippen LogP contribution in [0.3, 0.4) is 0 Å². The number of phenols is 3. The molecule has 0 radical (unpaired) electrons. The minimum atomic E-state index is -0.674. The van der Waals surface area contributed by atoms with Crippen molar-refractivity contribution in [2.45, 2.75) is 51.6 Å². The largest absolute Gasteiger partial charge is 0.507 e. The fourth-order valence-corrected chi connectivity index (χ4v) is 4.02. The van der Waals surface area contributed by atoms with Crippen LogP contribution in [0.25, 0.3) is 21.9 Å². The van der Waals surface area contributed by atoms with E-state index in [2.05, 4.69) is 6.58 Å². The van der Waals surface area contributed by atoms with E-state index in [1.165, 1.54) is 12.1 Å². The van der Waals surface area contributed by atoms with Crippen molar-refractivity contribution in [1.29, 1.82) is 0 Å². The highest BCUT2D eigenvalue weighted by molar-refractivity contribution is 6.00. The van der Waals surface area contributed by atoms with Crippen molar-refractivity contribution in [3.05, 3.63) is 46.1 Å². The zero-order chi connectivity index (χ0) is 21.5. The SMILES string of the molecule is C=CC(C)(C)c1c2c(c(O)c3c(=O)c4ccc(O)c(O)c4oc13)C(C)(C)C(C)O2. The molecule has 0 aliphatic carbocycles. The Kier molecular flexibility index (Phi) is 3.76. The van der Waals surface area contributed by atoms with Gasteiger partial charge in [-0.2, -0.15) is 0 Å². The summed E-state index contributed by atoms with van der Waals surface area (Å²) < 4.78 is 12.1. The van der Waals surface area contributed by atoms with Gasteiger partial charge in [-0.15, -0.1) is 6.58 Å². The van der Waals surface area contributed by atoms with Crippen LogP contribution < -0.4 is 10.2 Å². The Morgan fingerprint density at radius 2 is 1.79 bits per heavy atom. The molecule has 3 aromatic rings. The Bertz CT molecular complexity index is 1260. The van der Waals surface area contributed by atoms with Crippen LogP contribution in [0.15, 0.2) is 34.0 Å². The monoisotopic (exact) mass is 396 g/mol. The topological polar surface area (TPSA) is 100 Å². The highest BCUT2D eigenvalue weighted by Crippen LogP contribution is 2.55. The van der Waals surface area contributed by atoms with Crippen LogP contribution in [0.2, 0.25) is 0 Å². The molecule has 3 N–H and O–H groups in total. The molecule has 2 aromatic carbocycles. The van der Waals surface area contributed by atoms with Crippen LogP contribution in [0.1, 0.15) is 45.7 Å². The molecule has 6 nitrogen and oxygen atoms in total. The first-order valence-corrected chi connectivity index (χ1v) is 9.45. The first-order valence-electron chi connectivity index (χ1n) is 9.45. The lowest BCUT2D eigenvalue weighted by Gasteiger charge is -2.26. The number of phenolic OH excluding ortho intramolecular Hbond substituents is 3. The number of hydrogen-bond acceptors (Lipinski definition) is 6. The summed E-state index contributed by atoms with van der Waals surface area (Å²) >= 11 is 0. The van der Waals surface area contributed by atoms with Crippen molar-refractivity contribution in [2.24, 2.45) is 0 Å². The zero-order valence-electron chi connectivity index (χ0n) is 17.1. The molecule has 0 bridgehead atoms. The maximum atomic E-state index is 13.4. The Hall–Kier alpha value is -3.15. The van der Waals surface area contributed by atoms with Crippen molar-refractivity contribution in [1.82, 2.24) is 0 Å². The van der Waals surface area contributed by atoms with Gasteiger partial charge in [0.1, 0.15) is 28.6 Å². The minimum absolute atomic E-state index is 0.0250. The van der Waals surface area contributed by atoms with Gasteiger partial charge in [-0.25, -0.2) is 0 Å². The molecule has 2 heterocycles. The number of benzene rings is 2. The molecule has 0 fully saturated rings. The molecule has 6 heteroatoms. The van der Waals surface area contributed by atoms with Gasteiger partial charge in [0.2, 0.25) is 11.2 Å². The number of aromatic hydroxyl groups is 3. The Labute approximate surface area is 167 Å². The van der Waals surface area contributed by atoms with E-state index in [1.54, 1.807) is 6.08 Å². The average molecular weight is 396 g/mol. The van der Waals surface area contributed by atoms with Gasteiger partial charge in [-0.3, -0.25) is 4.79 Å². The standard InChI is InChI=1S/C23H24O6/c1-7-22(3,4)15-20-13(18(27)14-21(15)28-10(2)23(14,5)6)16(25)11-8-9-12(24)17(26)19(11)29-20/h7-10,24,26-27H,1H2,2-6H3. The first kappa shape index (κ1) is 19.2. The number of allylic oxidation sites excluding steroid dienone is 1. The Balaban J connectivity index is 2.35. The molecule has 1 aliphatic heterocycles. The molecule has 1 aromatic heterocycles. The van der Waals surface area contributed by atoms with Gasteiger partial charge in [0.05, 0.1) is 5.39 Å². The van der Waals surface area contributed by atoms with Gasteiger partial charge in [0.25, 0.3) is 0 Å². The smallest absolute Gasteiger partial charge is 0.204 e. The maximum absolute atomic E-state index is 13.4. The number of hydrogen-bond donors (Lipinski definition) is 3. The predicted octanol–water partition coefficient (Wildman–Crippen LogP) is 4.59. The van der Waals surface area contributed by atoms with Crippen molar-refractivity contribution < 1.29 is 24.5 Å². The third-order valence-electron chi connectivity index (χ3n) is 6.28. The van der Waals surface area contributed by atoms with Crippen LogP contribution >= 0.6 is 0 Å². The summed E-state index contributed by atoms with van der Waals surface area (Å²) in [5.74, 6) is -0.657. The molecule has 4 rings (SSSR count). The molecular formula is C23H24O6.